The molecule has 7 heteroatoms. The summed E-state index contributed by atoms with van der Waals surface area (Å²) in [5, 5.41) is 9.52. The van der Waals surface area contributed by atoms with E-state index in [0.717, 1.165) is 0 Å². The lowest BCUT2D eigenvalue weighted by molar-refractivity contribution is -0.134. The number of hydrogen-bond donors (Lipinski definition) is 1. The van der Waals surface area contributed by atoms with Gasteiger partial charge in [-0.1, -0.05) is 12.1 Å². The van der Waals surface area contributed by atoms with Gasteiger partial charge in [-0.25, -0.2) is 4.79 Å². The standard InChI is InChI=1S/C19H20O7/c1-22-13-9-8-12(10-16(13)25-4)11-17(19(20)21)26-18-14(23-2)6-5-7-15(18)24-3/h5-11H,1-4H3,(H,20,21). The maximum atomic E-state index is 11.7. The summed E-state index contributed by atoms with van der Waals surface area (Å²) in [6, 6.07) is 10.0. The Hall–Kier alpha value is -3.35. The molecule has 0 amide bonds. The molecule has 0 radical (unpaired) electrons. The Bertz CT molecular complexity index is 789. The first-order valence-electron chi connectivity index (χ1n) is 7.59. The van der Waals surface area contributed by atoms with Gasteiger partial charge < -0.3 is 28.8 Å². The predicted molar refractivity (Wildman–Crippen MR) is 95.3 cm³/mol. The number of methoxy groups -OCH3 is 4. The molecule has 138 valence electrons. The second-order valence-corrected chi connectivity index (χ2v) is 5.02. The highest BCUT2D eigenvalue weighted by molar-refractivity contribution is 5.90. The predicted octanol–water partition coefficient (Wildman–Crippen LogP) is 3.23. The summed E-state index contributed by atoms with van der Waals surface area (Å²) in [5.41, 5.74) is 0.564. The summed E-state index contributed by atoms with van der Waals surface area (Å²) in [6.45, 7) is 0. The first-order valence-corrected chi connectivity index (χ1v) is 7.59. The van der Waals surface area contributed by atoms with Crippen molar-refractivity contribution in [1.29, 1.82) is 0 Å². The molecule has 2 aromatic rings. The SMILES string of the molecule is COc1ccc(C=C(Oc2c(OC)cccc2OC)C(=O)O)cc1OC. The largest absolute Gasteiger partial charge is 0.493 e. The van der Waals surface area contributed by atoms with E-state index >= 15 is 0 Å². The Balaban J connectivity index is 2.45. The van der Waals surface area contributed by atoms with Crippen molar-refractivity contribution >= 4 is 12.0 Å². The van der Waals surface area contributed by atoms with Gasteiger partial charge in [-0.15, -0.1) is 0 Å². The number of carboxylic acid groups (broad SMARTS) is 1. The molecule has 0 spiro atoms. The van der Waals surface area contributed by atoms with E-state index in [1.165, 1.54) is 34.5 Å². The Morgan fingerprint density at radius 2 is 1.42 bits per heavy atom. The molecule has 0 bridgehead atoms. The quantitative estimate of drug-likeness (QED) is 0.571. The maximum absolute atomic E-state index is 11.7. The van der Waals surface area contributed by atoms with Gasteiger partial charge in [0, 0.05) is 0 Å². The van der Waals surface area contributed by atoms with Crippen molar-refractivity contribution in [1.82, 2.24) is 0 Å². The first kappa shape index (κ1) is 19.0. The van der Waals surface area contributed by atoms with Crippen molar-refractivity contribution < 1.29 is 33.6 Å². The summed E-state index contributed by atoms with van der Waals surface area (Å²) >= 11 is 0. The number of aliphatic carboxylic acids is 1. The van der Waals surface area contributed by atoms with Crippen molar-refractivity contribution in [2.24, 2.45) is 0 Å². The lowest BCUT2D eigenvalue weighted by Crippen LogP contribution is -2.09. The van der Waals surface area contributed by atoms with Crippen LogP contribution in [0.2, 0.25) is 0 Å². The van der Waals surface area contributed by atoms with Gasteiger partial charge in [0.2, 0.25) is 11.5 Å². The molecule has 26 heavy (non-hydrogen) atoms. The molecule has 0 aliphatic carbocycles. The van der Waals surface area contributed by atoms with Crippen molar-refractivity contribution in [3.8, 4) is 28.7 Å². The molecule has 0 aromatic heterocycles. The highest BCUT2D eigenvalue weighted by Crippen LogP contribution is 2.38. The van der Waals surface area contributed by atoms with Crippen LogP contribution in [0.15, 0.2) is 42.2 Å². The van der Waals surface area contributed by atoms with Crippen LogP contribution in [0.5, 0.6) is 28.7 Å². The second kappa shape index (κ2) is 8.66. The average Bonchev–Trinajstić information content (AvgIpc) is 2.67. The number of rotatable bonds is 8. The lowest BCUT2D eigenvalue weighted by Gasteiger charge is -2.14. The molecular weight excluding hydrogens is 340 g/mol. The van der Waals surface area contributed by atoms with Crippen LogP contribution >= 0.6 is 0 Å². The van der Waals surface area contributed by atoms with Gasteiger partial charge in [-0.3, -0.25) is 0 Å². The van der Waals surface area contributed by atoms with E-state index in [2.05, 4.69) is 0 Å². The van der Waals surface area contributed by atoms with Crippen LogP contribution < -0.4 is 23.7 Å². The number of carbonyl (C=O) groups is 1. The van der Waals surface area contributed by atoms with Crippen molar-refractivity contribution in [2.75, 3.05) is 28.4 Å². The molecule has 2 rings (SSSR count). The minimum atomic E-state index is -1.24. The van der Waals surface area contributed by atoms with Gasteiger partial charge in [0.05, 0.1) is 28.4 Å². The van der Waals surface area contributed by atoms with Crippen LogP contribution in [0.25, 0.3) is 6.08 Å². The number of benzene rings is 2. The molecule has 7 nitrogen and oxygen atoms in total. The third kappa shape index (κ3) is 4.18. The Morgan fingerprint density at radius 1 is 0.846 bits per heavy atom. The normalized spacial score (nSPS) is 10.8. The molecule has 0 atom stereocenters. The molecule has 1 N–H and O–H groups in total. The van der Waals surface area contributed by atoms with E-state index in [9.17, 15) is 9.90 Å². The Kier molecular flexibility index (Phi) is 6.32. The summed E-state index contributed by atoms with van der Waals surface area (Å²) < 4.78 is 26.4. The number of carboxylic acids is 1. The van der Waals surface area contributed by atoms with Crippen LogP contribution in [0.1, 0.15) is 5.56 Å². The first-order chi connectivity index (χ1) is 12.5. The number of hydrogen-bond acceptors (Lipinski definition) is 6. The smallest absolute Gasteiger partial charge is 0.371 e. The molecule has 0 aliphatic heterocycles. The number of para-hydroxylation sites is 1. The van der Waals surface area contributed by atoms with Crippen molar-refractivity contribution in [3.05, 3.63) is 47.7 Å². The monoisotopic (exact) mass is 360 g/mol. The van der Waals surface area contributed by atoms with Crippen molar-refractivity contribution in [2.45, 2.75) is 0 Å². The van der Waals surface area contributed by atoms with Crippen molar-refractivity contribution in [3.63, 3.8) is 0 Å². The molecule has 0 saturated heterocycles. The molecule has 0 unspecified atom stereocenters. The topological polar surface area (TPSA) is 83.5 Å². The summed E-state index contributed by atoms with van der Waals surface area (Å²) in [7, 11) is 5.94. The van der Waals surface area contributed by atoms with Crippen LogP contribution in [0.3, 0.4) is 0 Å². The third-order valence-electron chi connectivity index (χ3n) is 3.51. The average molecular weight is 360 g/mol. The summed E-state index contributed by atoms with van der Waals surface area (Å²) in [5.74, 6) is 0.335. The molecule has 0 heterocycles. The van der Waals surface area contributed by atoms with Crippen LogP contribution in [0, 0.1) is 0 Å². The van der Waals surface area contributed by atoms with E-state index < -0.39 is 5.97 Å². The highest BCUT2D eigenvalue weighted by Gasteiger charge is 2.18. The summed E-state index contributed by atoms with van der Waals surface area (Å²) in [4.78, 5) is 11.7. The lowest BCUT2D eigenvalue weighted by atomic mass is 10.1. The van der Waals surface area contributed by atoms with Gasteiger partial charge >= 0.3 is 5.97 Å². The fourth-order valence-corrected chi connectivity index (χ4v) is 2.26. The molecule has 0 fully saturated rings. The Morgan fingerprint density at radius 3 is 1.92 bits per heavy atom. The zero-order valence-corrected chi connectivity index (χ0v) is 14.9. The zero-order valence-electron chi connectivity index (χ0n) is 14.9. The van der Waals surface area contributed by atoms with Crippen LogP contribution in [-0.4, -0.2) is 39.5 Å². The van der Waals surface area contributed by atoms with Gasteiger partial charge in [0.1, 0.15) is 0 Å². The van der Waals surface area contributed by atoms with Gasteiger partial charge in [0.15, 0.2) is 23.0 Å². The van der Waals surface area contributed by atoms with Gasteiger partial charge in [-0.2, -0.15) is 0 Å². The number of ether oxygens (including phenoxy) is 5. The zero-order chi connectivity index (χ0) is 19.1. The molecular formula is C19H20O7. The Labute approximate surface area is 151 Å². The fraction of sp³-hybridized carbons (Fsp3) is 0.211. The fourth-order valence-electron chi connectivity index (χ4n) is 2.26. The highest BCUT2D eigenvalue weighted by atomic mass is 16.6. The third-order valence-corrected chi connectivity index (χ3v) is 3.51. The second-order valence-electron chi connectivity index (χ2n) is 5.02. The minimum Gasteiger partial charge on any atom is -0.493 e. The molecule has 0 saturated carbocycles. The van der Waals surface area contributed by atoms with Gasteiger partial charge in [-0.05, 0) is 35.9 Å². The minimum absolute atomic E-state index is 0.173. The van der Waals surface area contributed by atoms with Gasteiger partial charge in [0.25, 0.3) is 0 Å². The van der Waals surface area contributed by atoms with E-state index in [4.69, 9.17) is 23.7 Å². The van der Waals surface area contributed by atoms with E-state index in [1.54, 1.807) is 36.4 Å². The van der Waals surface area contributed by atoms with Crippen LogP contribution in [-0.2, 0) is 4.79 Å². The van der Waals surface area contributed by atoms with E-state index in [-0.39, 0.29) is 11.5 Å². The van der Waals surface area contributed by atoms with Crippen LogP contribution in [0.4, 0.5) is 0 Å². The molecule has 0 aliphatic rings. The van der Waals surface area contributed by atoms with E-state index in [0.29, 0.717) is 28.6 Å². The maximum Gasteiger partial charge on any atom is 0.371 e. The van der Waals surface area contributed by atoms with E-state index in [1.807, 2.05) is 0 Å². The summed E-state index contributed by atoms with van der Waals surface area (Å²) in [6.07, 6.45) is 1.37. The molecule has 2 aromatic carbocycles.